The lowest BCUT2D eigenvalue weighted by Crippen LogP contribution is -2.49. The summed E-state index contributed by atoms with van der Waals surface area (Å²) in [5.74, 6) is 1.84. The number of rotatable bonds is 9. The van der Waals surface area contributed by atoms with Gasteiger partial charge in [0.25, 0.3) is 0 Å². The SMILES string of the molecule is CCN1CCC(CCNC(=NC)NC2CCN(CCOC(C)C)CC2)CC1.I. The maximum absolute atomic E-state index is 5.67. The van der Waals surface area contributed by atoms with E-state index in [1.165, 1.54) is 51.7 Å². The van der Waals surface area contributed by atoms with Crippen molar-refractivity contribution >= 4 is 29.9 Å². The van der Waals surface area contributed by atoms with Gasteiger partial charge in [-0.2, -0.15) is 0 Å². The average Bonchev–Trinajstić information content (AvgIpc) is 2.68. The Bertz CT molecular complexity index is 419. The Labute approximate surface area is 190 Å². The smallest absolute Gasteiger partial charge is 0.191 e. The van der Waals surface area contributed by atoms with Crippen molar-refractivity contribution in [1.29, 1.82) is 0 Å². The summed E-state index contributed by atoms with van der Waals surface area (Å²) in [6.07, 6.45) is 6.64. The van der Waals surface area contributed by atoms with Crippen molar-refractivity contribution in [2.24, 2.45) is 10.9 Å². The van der Waals surface area contributed by atoms with E-state index in [0.29, 0.717) is 12.1 Å². The van der Waals surface area contributed by atoms with E-state index in [-0.39, 0.29) is 24.0 Å². The van der Waals surface area contributed by atoms with E-state index < -0.39 is 0 Å². The van der Waals surface area contributed by atoms with E-state index in [2.05, 4.69) is 46.2 Å². The first kappa shape index (κ1) is 25.9. The molecule has 0 aliphatic carbocycles. The highest BCUT2D eigenvalue weighted by atomic mass is 127. The van der Waals surface area contributed by atoms with Gasteiger partial charge in [-0.15, -0.1) is 24.0 Å². The molecule has 2 heterocycles. The molecule has 2 aliphatic rings. The van der Waals surface area contributed by atoms with Crippen molar-refractivity contribution in [3.63, 3.8) is 0 Å². The maximum Gasteiger partial charge on any atom is 0.191 e. The molecule has 0 aromatic carbocycles. The van der Waals surface area contributed by atoms with E-state index in [1.54, 1.807) is 0 Å². The molecule has 2 rings (SSSR count). The number of halogens is 1. The molecule has 166 valence electrons. The van der Waals surface area contributed by atoms with Gasteiger partial charge in [-0.05, 0) is 71.5 Å². The summed E-state index contributed by atoms with van der Waals surface area (Å²) in [4.78, 5) is 9.51. The van der Waals surface area contributed by atoms with E-state index >= 15 is 0 Å². The second kappa shape index (κ2) is 14.8. The predicted octanol–water partition coefficient (Wildman–Crippen LogP) is 2.78. The standard InChI is InChI=1S/C21H43N5O.HI/c1-5-25-12-7-19(8-13-25)6-11-23-21(22-4)24-20-9-14-26(15-10-20)16-17-27-18(2)3;/h18-20H,5-17H2,1-4H3,(H2,22,23,24);1H. The summed E-state index contributed by atoms with van der Waals surface area (Å²) >= 11 is 0. The molecule has 0 amide bonds. The van der Waals surface area contributed by atoms with Crippen LogP contribution in [0.25, 0.3) is 0 Å². The summed E-state index contributed by atoms with van der Waals surface area (Å²) in [6.45, 7) is 15.4. The Kier molecular flexibility index (Phi) is 13.7. The van der Waals surface area contributed by atoms with Crippen LogP contribution in [-0.2, 0) is 4.74 Å². The van der Waals surface area contributed by atoms with Gasteiger partial charge in [-0.1, -0.05) is 6.92 Å². The molecule has 2 N–H and O–H groups in total. The van der Waals surface area contributed by atoms with Crippen LogP contribution in [0.3, 0.4) is 0 Å². The second-order valence-electron chi connectivity index (χ2n) is 8.35. The normalized spacial score (nSPS) is 21.0. The molecular weight excluding hydrogens is 465 g/mol. The highest BCUT2D eigenvalue weighted by molar-refractivity contribution is 14.0. The Balaban J connectivity index is 0.00000392. The van der Waals surface area contributed by atoms with Crippen LogP contribution in [0.15, 0.2) is 4.99 Å². The molecule has 7 heteroatoms. The molecule has 0 atom stereocenters. The van der Waals surface area contributed by atoms with E-state index in [4.69, 9.17) is 4.74 Å². The van der Waals surface area contributed by atoms with Crippen LogP contribution in [-0.4, -0.2) is 87.4 Å². The van der Waals surface area contributed by atoms with Crippen LogP contribution >= 0.6 is 24.0 Å². The van der Waals surface area contributed by atoms with Gasteiger partial charge < -0.3 is 25.2 Å². The van der Waals surface area contributed by atoms with Crippen LogP contribution in [0.1, 0.15) is 52.9 Å². The number of hydrogen-bond donors (Lipinski definition) is 2. The third-order valence-corrected chi connectivity index (χ3v) is 6.01. The molecule has 0 aromatic heterocycles. The van der Waals surface area contributed by atoms with E-state index in [9.17, 15) is 0 Å². The van der Waals surface area contributed by atoms with Gasteiger partial charge in [0.2, 0.25) is 0 Å². The largest absolute Gasteiger partial charge is 0.377 e. The third-order valence-electron chi connectivity index (χ3n) is 6.01. The minimum absolute atomic E-state index is 0. The monoisotopic (exact) mass is 509 g/mol. The molecule has 0 radical (unpaired) electrons. The van der Waals surface area contributed by atoms with Gasteiger partial charge in [-0.25, -0.2) is 0 Å². The van der Waals surface area contributed by atoms with Crippen molar-refractivity contribution in [2.75, 3.05) is 59.5 Å². The summed E-state index contributed by atoms with van der Waals surface area (Å²) < 4.78 is 5.67. The molecule has 0 spiro atoms. The van der Waals surface area contributed by atoms with Gasteiger partial charge in [0.15, 0.2) is 5.96 Å². The second-order valence-corrected chi connectivity index (χ2v) is 8.35. The van der Waals surface area contributed by atoms with Gasteiger partial charge >= 0.3 is 0 Å². The lowest BCUT2D eigenvalue weighted by molar-refractivity contribution is 0.0532. The Morgan fingerprint density at radius 2 is 1.71 bits per heavy atom. The fourth-order valence-corrected chi connectivity index (χ4v) is 4.09. The highest BCUT2D eigenvalue weighted by Gasteiger charge is 2.20. The number of likely N-dealkylation sites (tertiary alicyclic amines) is 2. The van der Waals surface area contributed by atoms with Crippen LogP contribution in [0.2, 0.25) is 0 Å². The molecule has 0 bridgehead atoms. The average molecular weight is 510 g/mol. The van der Waals surface area contributed by atoms with Gasteiger partial charge in [0.1, 0.15) is 0 Å². The zero-order valence-electron chi connectivity index (χ0n) is 18.6. The zero-order valence-corrected chi connectivity index (χ0v) is 20.9. The number of piperidine rings is 2. The first-order valence-electron chi connectivity index (χ1n) is 11.1. The minimum Gasteiger partial charge on any atom is -0.377 e. The number of nitrogens with one attached hydrogen (secondary N) is 2. The topological polar surface area (TPSA) is 52.1 Å². The molecule has 6 nitrogen and oxygen atoms in total. The van der Waals surface area contributed by atoms with E-state index in [0.717, 1.165) is 44.7 Å². The highest BCUT2D eigenvalue weighted by Crippen LogP contribution is 2.19. The molecule has 2 fully saturated rings. The van der Waals surface area contributed by atoms with Gasteiger partial charge in [-0.3, -0.25) is 4.99 Å². The third kappa shape index (κ3) is 10.1. The Morgan fingerprint density at radius 1 is 1.07 bits per heavy atom. The van der Waals surface area contributed by atoms with Crippen molar-refractivity contribution in [1.82, 2.24) is 20.4 Å². The number of nitrogens with zero attached hydrogens (tertiary/aromatic N) is 3. The number of hydrogen-bond acceptors (Lipinski definition) is 4. The molecule has 2 saturated heterocycles. The fraction of sp³-hybridized carbons (Fsp3) is 0.952. The summed E-state index contributed by atoms with van der Waals surface area (Å²) in [5, 5.41) is 7.17. The molecule has 0 unspecified atom stereocenters. The Hall–Kier alpha value is -0.120. The number of aliphatic imine (C=N–C) groups is 1. The van der Waals surface area contributed by atoms with Crippen LogP contribution < -0.4 is 10.6 Å². The van der Waals surface area contributed by atoms with Gasteiger partial charge in [0.05, 0.1) is 12.7 Å². The first-order valence-corrected chi connectivity index (χ1v) is 11.1. The summed E-state index contributed by atoms with van der Waals surface area (Å²) in [7, 11) is 1.88. The molecule has 2 aliphatic heterocycles. The lowest BCUT2D eigenvalue weighted by atomic mass is 9.93. The Morgan fingerprint density at radius 3 is 2.29 bits per heavy atom. The quantitative estimate of drug-likeness (QED) is 0.285. The van der Waals surface area contributed by atoms with Crippen LogP contribution in [0, 0.1) is 5.92 Å². The zero-order chi connectivity index (χ0) is 19.5. The number of ether oxygens (including phenoxy) is 1. The van der Waals surface area contributed by atoms with Crippen molar-refractivity contribution in [3.8, 4) is 0 Å². The minimum atomic E-state index is 0. The van der Waals surface area contributed by atoms with Crippen LogP contribution in [0.5, 0.6) is 0 Å². The summed E-state index contributed by atoms with van der Waals surface area (Å²) in [6, 6.07) is 0.534. The molecule has 0 saturated carbocycles. The molecular formula is C21H44IN5O. The maximum atomic E-state index is 5.67. The van der Waals surface area contributed by atoms with Gasteiger partial charge in [0, 0.05) is 39.3 Å². The predicted molar refractivity (Wildman–Crippen MR) is 130 cm³/mol. The van der Waals surface area contributed by atoms with Crippen molar-refractivity contribution in [2.45, 2.75) is 65.0 Å². The number of guanidine groups is 1. The fourth-order valence-electron chi connectivity index (χ4n) is 4.09. The van der Waals surface area contributed by atoms with Crippen molar-refractivity contribution in [3.05, 3.63) is 0 Å². The molecule has 0 aromatic rings. The van der Waals surface area contributed by atoms with Crippen LogP contribution in [0.4, 0.5) is 0 Å². The first-order chi connectivity index (χ1) is 13.1. The van der Waals surface area contributed by atoms with Crippen molar-refractivity contribution < 1.29 is 4.74 Å². The molecule has 28 heavy (non-hydrogen) atoms. The lowest BCUT2D eigenvalue weighted by Gasteiger charge is -2.33. The van der Waals surface area contributed by atoms with E-state index in [1.807, 2.05) is 7.05 Å². The summed E-state index contributed by atoms with van der Waals surface area (Å²) in [5.41, 5.74) is 0.